The van der Waals surface area contributed by atoms with Gasteiger partial charge in [0.1, 0.15) is 23.5 Å². The average Bonchev–Trinajstić information content (AvgIpc) is 3.03. The third-order valence-electron chi connectivity index (χ3n) is 4.69. The van der Waals surface area contributed by atoms with E-state index in [-0.39, 0.29) is 0 Å². The quantitative estimate of drug-likeness (QED) is 0.739. The maximum Gasteiger partial charge on any atom is 0.145 e. The Morgan fingerprint density at radius 2 is 1.92 bits per heavy atom. The third-order valence-corrected chi connectivity index (χ3v) is 4.69. The molecule has 1 saturated heterocycles. The largest absolute Gasteiger partial charge is 0.493 e. The van der Waals surface area contributed by atoms with Gasteiger partial charge in [-0.2, -0.15) is 0 Å². The van der Waals surface area contributed by atoms with E-state index in [0.717, 1.165) is 55.1 Å². The number of nitrogens with zero attached hydrogens (tertiary/aromatic N) is 5. The average molecular weight is 323 g/mol. The molecule has 0 radical (unpaired) electrons. The van der Waals surface area contributed by atoms with Gasteiger partial charge in [-0.3, -0.25) is 4.98 Å². The lowest BCUT2D eigenvalue weighted by Gasteiger charge is -2.32. The number of anilines is 1. The molecule has 3 aromatic heterocycles. The number of aryl methyl sites for hydroxylation is 1. The second kappa shape index (κ2) is 6.47. The molecule has 0 amide bonds. The molecule has 1 aliphatic heterocycles. The Hall–Kier alpha value is -2.63. The van der Waals surface area contributed by atoms with E-state index in [9.17, 15) is 0 Å². The molecule has 124 valence electrons. The first-order valence-electron chi connectivity index (χ1n) is 8.35. The van der Waals surface area contributed by atoms with E-state index in [1.165, 1.54) is 0 Å². The topological polar surface area (TPSA) is 56.1 Å². The summed E-state index contributed by atoms with van der Waals surface area (Å²) in [6.45, 7) is 2.78. The van der Waals surface area contributed by atoms with Gasteiger partial charge in [0.15, 0.2) is 0 Å². The summed E-state index contributed by atoms with van der Waals surface area (Å²) in [5.41, 5.74) is 0.989. The highest BCUT2D eigenvalue weighted by molar-refractivity contribution is 5.87. The van der Waals surface area contributed by atoms with E-state index < -0.39 is 0 Å². The molecule has 1 fully saturated rings. The lowest BCUT2D eigenvalue weighted by Crippen LogP contribution is -2.36. The summed E-state index contributed by atoms with van der Waals surface area (Å²) in [6, 6.07) is 5.91. The lowest BCUT2D eigenvalue weighted by molar-refractivity contribution is 0.222. The number of ether oxygens (including phenoxy) is 1. The SMILES string of the molecule is Cn1ccc2c(N3CCC(COc4ccncc4)CC3)ncnc21. The lowest BCUT2D eigenvalue weighted by atomic mass is 9.97. The number of piperidine rings is 1. The summed E-state index contributed by atoms with van der Waals surface area (Å²) in [5, 5.41) is 1.13. The molecule has 6 heteroatoms. The minimum Gasteiger partial charge on any atom is -0.493 e. The molecule has 0 aliphatic carbocycles. The zero-order valence-electron chi connectivity index (χ0n) is 13.8. The minimum absolute atomic E-state index is 0.586. The van der Waals surface area contributed by atoms with Crippen molar-refractivity contribution < 1.29 is 4.74 Å². The zero-order chi connectivity index (χ0) is 16.4. The number of aromatic nitrogens is 4. The van der Waals surface area contributed by atoms with Gasteiger partial charge >= 0.3 is 0 Å². The summed E-state index contributed by atoms with van der Waals surface area (Å²) < 4.78 is 7.91. The van der Waals surface area contributed by atoms with Crippen LogP contribution in [-0.4, -0.2) is 39.2 Å². The van der Waals surface area contributed by atoms with Crippen LogP contribution in [0.1, 0.15) is 12.8 Å². The second-order valence-electron chi connectivity index (χ2n) is 6.29. The van der Waals surface area contributed by atoms with E-state index in [1.807, 2.05) is 29.9 Å². The van der Waals surface area contributed by atoms with E-state index in [2.05, 4.69) is 25.9 Å². The molecule has 0 aromatic carbocycles. The van der Waals surface area contributed by atoms with Crippen molar-refractivity contribution in [1.29, 1.82) is 0 Å². The van der Waals surface area contributed by atoms with E-state index in [4.69, 9.17) is 4.74 Å². The predicted molar refractivity (Wildman–Crippen MR) is 93.2 cm³/mol. The van der Waals surface area contributed by atoms with Crippen molar-refractivity contribution in [2.24, 2.45) is 13.0 Å². The van der Waals surface area contributed by atoms with Crippen molar-refractivity contribution >= 4 is 16.9 Å². The molecule has 3 aromatic rings. The minimum atomic E-state index is 0.586. The van der Waals surface area contributed by atoms with Gasteiger partial charge in [-0.1, -0.05) is 0 Å². The summed E-state index contributed by atoms with van der Waals surface area (Å²) in [7, 11) is 2.02. The Kier molecular flexibility index (Phi) is 4.02. The number of pyridine rings is 1. The van der Waals surface area contributed by atoms with Crippen molar-refractivity contribution in [2.75, 3.05) is 24.6 Å². The molecular weight excluding hydrogens is 302 g/mol. The highest BCUT2D eigenvalue weighted by Gasteiger charge is 2.22. The molecule has 1 aliphatic rings. The van der Waals surface area contributed by atoms with Crippen molar-refractivity contribution in [3.05, 3.63) is 43.1 Å². The van der Waals surface area contributed by atoms with Crippen LogP contribution in [0.15, 0.2) is 43.1 Å². The fourth-order valence-corrected chi connectivity index (χ4v) is 3.28. The van der Waals surface area contributed by atoms with Gasteiger partial charge in [-0.15, -0.1) is 0 Å². The Morgan fingerprint density at radius 1 is 1.12 bits per heavy atom. The summed E-state index contributed by atoms with van der Waals surface area (Å²) in [4.78, 5) is 15.3. The van der Waals surface area contributed by atoms with Gasteiger partial charge in [0.05, 0.1) is 12.0 Å². The van der Waals surface area contributed by atoms with Crippen LogP contribution in [0.5, 0.6) is 5.75 Å². The zero-order valence-corrected chi connectivity index (χ0v) is 13.8. The standard InChI is InChI=1S/C18H21N5O/c1-22-9-6-16-17(22)20-13-21-18(16)23-10-4-14(5-11-23)12-24-15-2-7-19-8-3-15/h2-3,6-9,13-14H,4-5,10-12H2,1H3. The molecule has 6 nitrogen and oxygen atoms in total. The molecule has 4 heterocycles. The van der Waals surface area contributed by atoms with Crippen LogP contribution in [0.25, 0.3) is 11.0 Å². The van der Waals surface area contributed by atoms with Crippen LogP contribution < -0.4 is 9.64 Å². The van der Waals surface area contributed by atoms with Crippen LogP contribution in [-0.2, 0) is 7.05 Å². The molecular formula is C18H21N5O. The number of rotatable bonds is 4. The van der Waals surface area contributed by atoms with Crippen LogP contribution in [0.3, 0.4) is 0 Å². The third kappa shape index (κ3) is 2.91. The first kappa shape index (κ1) is 14.9. The molecule has 0 unspecified atom stereocenters. The Labute approximate surface area is 141 Å². The molecule has 4 rings (SSSR count). The molecule has 0 bridgehead atoms. The monoisotopic (exact) mass is 323 g/mol. The number of hydrogen-bond acceptors (Lipinski definition) is 5. The first-order chi connectivity index (χ1) is 11.8. The van der Waals surface area contributed by atoms with Gasteiger partial charge in [0, 0.05) is 38.7 Å². The molecule has 0 spiro atoms. The molecule has 0 saturated carbocycles. The van der Waals surface area contributed by atoms with Crippen LogP contribution >= 0.6 is 0 Å². The smallest absolute Gasteiger partial charge is 0.145 e. The van der Waals surface area contributed by atoms with Crippen molar-refractivity contribution in [3.8, 4) is 5.75 Å². The fraction of sp³-hybridized carbons (Fsp3) is 0.389. The molecule has 24 heavy (non-hydrogen) atoms. The Bertz CT molecular complexity index is 809. The summed E-state index contributed by atoms with van der Waals surface area (Å²) >= 11 is 0. The van der Waals surface area contributed by atoms with E-state index in [1.54, 1.807) is 18.7 Å². The van der Waals surface area contributed by atoms with Gasteiger partial charge in [-0.25, -0.2) is 9.97 Å². The van der Waals surface area contributed by atoms with Crippen LogP contribution in [0, 0.1) is 5.92 Å². The normalized spacial score (nSPS) is 15.8. The summed E-state index contributed by atoms with van der Waals surface area (Å²) in [6.07, 6.45) is 9.46. The fourth-order valence-electron chi connectivity index (χ4n) is 3.28. The highest BCUT2D eigenvalue weighted by Crippen LogP contribution is 2.28. The molecule has 0 N–H and O–H groups in total. The van der Waals surface area contributed by atoms with Crippen LogP contribution in [0.2, 0.25) is 0 Å². The maximum absolute atomic E-state index is 5.87. The highest BCUT2D eigenvalue weighted by atomic mass is 16.5. The maximum atomic E-state index is 5.87. The van der Waals surface area contributed by atoms with Crippen LogP contribution in [0.4, 0.5) is 5.82 Å². The number of hydrogen-bond donors (Lipinski definition) is 0. The Morgan fingerprint density at radius 3 is 2.71 bits per heavy atom. The van der Waals surface area contributed by atoms with Gasteiger partial charge in [0.25, 0.3) is 0 Å². The van der Waals surface area contributed by atoms with Crippen molar-refractivity contribution in [3.63, 3.8) is 0 Å². The predicted octanol–water partition coefficient (Wildman–Crippen LogP) is 2.66. The van der Waals surface area contributed by atoms with Gasteiger partial charge < -0.3 is 14.2 Å². The van der Waals surface area contributed by atoms with Gasteiger partial charge in [0.2, 0.25) is 0 Å². The first-order valence-corrected chi connectivity index (χ1v) is 8.35. The van der Waals surface area contributed by atoms with E-state index >= 15 is 0 Å². The van der Waals surface area contributed by atoms with E-state index in [0.29, 0.717) is 5.92 Å². The van der Waals surface area contributed by atoms with Gasteiger partial charge in [-0.05, 0) is 37.0 Å². The number of fused-ring (bicyclic) bond motifs is 1. The second-order valence-corrected chi connectivity index (χ2v) is 6.29. The summed E-state index contributed by atoms with van der Waals surface area (Å²) in [5.74, 6) is 2.53. The Balaban J connectivity index is 1.39. The van der Waals surface area contributed by atoms with Crippen molar-refractivity contribution in [2.45, 2.75) is 12.8 Å². The van der Waals surface area contributed by atoms with Crippen molar-refractivity contribution in [1.82, 2.24) is 19.5 Å². The molecule has 0 atom stereocenters.